The second kappa shape index (κ2) is 6.66. The van der Waals surface area contributed by atoms with Crippen molar-refractivity contribution < 1.29 is 8.42 Å². The Hall–Kier alpha value is -0.960. The van der Waals surface area contributed by atoms with E-state index >= 15 is 0 Å². The van der Waals surface area contributed by atoms with Crippen LogP contribution in [0.3, 0.4) is 0 Å². The monoisotopic (exact) mass is 301 g/mol. The second-order valence-electron chi connectivity index (χ2n) is 5.39. The van der Waals surface area contributed by atoms with Gasteiger partial charge >= 0.3 is 0 Å². The van der Waals surface area contributed by atoms with E-state index in [-0.39, 0.29) is 12.0 Å². The molecule has 0 spiro atoms. The summed E-state index contributed by atoms with van der Waals surface area (Å²) in [6, 6.07) is -0.188. The molecule has 7 nitrogen and oxygen atoms in total. The van der Waals surface area contributed by atoms with Gasteiger partial charge in [-0.05, 0) is 32.2 Å². The van der Waals surface area contributed by atoms with Crippen LogP contribution in [0.5, 0.6) is 0 Å². The lowest BCUT2D eigenvalue weighted by molar-refractivity contribution is 0.267. The molecule has 0 amide bonds. The predicted molar refractivity (Wildman–Crippen MR) is 77.1 cm³/mol. The maximum absolute atomic E-state index is 12.3. The fraction of sp³-hybridized carbons (Fsp3) is 0.750. The number of hydrogen-bond acceptors (Lipinski definition) is 4. The lowest BCUT2D eigenvalue weighted by Gasteiger charge is -2.32. The minimum Gasteiger partial charge on any atom is -0.336 e. The van der Waals surface area contributed by atoms with Gasteiger partial charge in [-0.25, -0.2) is 4.98 Å². The van der Waals surface area contributed by atoms with E-state index in [4.69, 9.17) is 5.73 Å². The molecule has 114 valence electrons. The van der Waals surface area contributed by atoms with Crippen LogP contribution < -0.4 is 10.5 Å². The Kier molecular flexibility index (Phi) is 5.14. The fourth-order valence-electron chi connectivity index (χ4n) is 2.51. The molecule has 3 N–H and O–H groups in total. The third-order valence-corrected chi connectivity index (χ3v) is 5.26. The van der Waals surface area contributed by atoms with Crippen molar-refractivity contribution in [1.82, 2.24) is 18.6 Å². The standard InChI is InChI=1S/C12H23N5O2S/c1-11(8-16-6-4-14-10-16)15-20(18,19)17-5-2-3-12(7-13)9-17/h4,6,10-12,15H,2-3,5,7-9,13H2,1H3. The highest BCUT2D eigenvalue weighted by molar-refractivity contribution is 7.87. The summed E-state index contributed by atoms with van der Waals surface area (Å²) in [4.78, 5) is 3.94. The van der Waals surface area contributed by atoms with Gasteiger partial charge in [0.25, 0.3) is 10.2 Å². The Labute approximate surface area is 120 Å². The number of imidazole rings is 1. The van der Waals surface area contributed by atoms with Crippen LogP contribution in [0.4, 0.5) is 0 Å². The number of nitrogens with one attached hydrogen (secondary N) is 1. The van der Waals surface area contributed by atoms with Gasteiger partial charge < -0.3 is 10.3 Å². The second-order valence-corrected chi connectivity index (χ2v) is 7.09. The molecule has 0 aromatic carbocycles. The third kappa shape index (κ3) is 4.02. The lowest BCUT2D eigenvalue weighted by atomic mass is 10.0. The zero-order chi connectivity index (χ0) is 14.6. The average molecular weight is 301 g/mol. The number of nitrogens with zero attached hydrogens (tertiary/aromatic N) is 3. The highest BCUT2D eigenvalue weighted by atomic mass is 32.2. The predicted octanol–water partition coefficient (Wildman–Crippen LogP) is -0.223. The van der Waals surface area contributed by atoms with Crippen molar-refractivity contribution >= 4 is 10.2 Å². The highest BCUT2D eigenvalue weighted by Crippen LogP contribution is 2.17. The minimum atomic E-state index is -3.43. The Balaban J connectivity index is 1.92. The zero-order valence-electron chi connectivity index (χ0n) is 11.8. The number of hydrogen-bond donors (Lipinski definition) is 2. The maximum atomic E-state index is 12.3. The van der Waals surface area contributed by atoms with Crippen LogP contribution in [0.1, 0.15) is 19.8 Å². The molecule has 1 fully saturated rings. The maximum Gasteiger partial charge on any atom is 0.279 e. The molecule has 2 unspecified atom stereocenters. The summed E-state index contributed by atoms with van der Waals surface area (Å²) in [7, 11) is -3.43. The van der Waals surface area contributed by atoms with E-state index in [9.17, 15) is 8.42 Å². The van der Waals surface area contributed by atoms with Crippen LogP contribution in [0, 0.1) is 5.92 Å². The first-order valence-electron chi connectivity index (χ1n) is 6.94. The van der Waals surface area contributed by atoms with E-state index in [1.807, 2.05) is 17.7 Å². The van der Waals surface area contributed by atoms with Gasteiger partial charge in [-0.2, -0.15) is 17.4 Å². The van der Waals surface area contributed by atoms with Crippen molar-refractivity contribution in [2.75, 3.05) is 19.6 Å². The fourth-order valence-corrected chi connectivity index (χ4v) is 4.02. The summed E-state index contributed by atoms with van der Waals surface area (Å²) in [6.45, 7) is 4.04. The van der Waals surface area contributed by atoms with Gasteiger partial charge in [-0.15, -0.1) is 0 Å². The Morgan fingerprint density at radius 3 is 3.00 bits per heavy atom. The van der Waals surface area contributed by atoms with Crippen molar-refractivity contribution in [2.24, 2.45) is 11.7 Å². The van der Waals surface area contributed by atoms with Crippen LogP contribution in [0.25, 0.3) is 0 Å². The van der Waals surface area contributed by atoms with Crippen molar-refractivity contribution in [3.05, 3.63) is 18.7 Å². The van der Waals surface area contributed by atoms with E-state index in [0.29, 0.717) is 26.2 Å². The topological polar surface area (TPSA) is 93.2 Å². The van der Waals surface area contributed by atoms with Crippen LogP contribution in [-0.4, -0.2) is 48.0 Å². The largest absolute Gasteiger partial charge is 0.336 e. The third-order valence-electron chi connectivity index (χ3n) is 3.55. The van der Waals surface area contributed by atoms with E-state index < -0.39 is 10.2 Å². The van der Waals surface area contributed by atoms with E-state index in [0.717, 1.165) is 12.8 Å². The van der Waals surface area contributed by atoms with E-state index in [2.05, 4.69) is 9.71 Å². The van der Waals surface area contributed by atoms with Crippen molar-refractivity contribution in [3.63, 3.8) is 0 Å². The lowest BCUT2D eigenvalue weighted by Crippen LogP contribution is -2.50. The molecular formula is C12H23N5O2S. The summed E-state index contributed by atoms with van der Waals surface area (Å²) in [5, 5.41) is 0. The molecule has 0 aliphatic carbocycles. The van der Waals surface area contributed by atoms with Crippen molar-refractivity contribution in [1.29, 1.82) is 0 Å². The Morgan fingerprint density at radius 1 is 1.55 bits per heavy atom. The number of rotatable bonds is 6. The summed E-state index contributed by atoms with van der Waals surface area (Å²) in [5.74, 6) is 0.268. The van der Waals surface area contributed by atoms with Gasteiger partial charge in [0.2, 0.25) is 0 Å². The Morgan fingerprint density at radius 2 is 2.35 bits per heavy atom. The number of aromatic nitrogens is 2. The van der Waals surface area contributed by atoms with E-state index in [1.54, 1.807) is 12.5 Å². The van der Waals surface area contributed by atoms with Crippen LogP contribution in [0.15, 0.2) is 18.7 Å². The molecule has 1 aliphatic heterocycles. The average Bonchev–Trinajstić information content (AvgIpc) is 2.91. The normalized spacial score (nSPS) is 22.8. The smallest absolute Gasteiger partial charge is 0.279 e. The van der Waals surface area contributed by atoms with Crippen molar-refractivity contribution in [3.8, 4) is 0 Å². The molecule has 1 aromatic rings. The van der Waals surface area contributed by atoms with Gasteiger partial charge in [0, 0.05) is 38.1 Å². The molecular weight excluding hydrogens is 278 g/mol. The summed E-state index contributed by atoms with van der Waals surface area (Å²) in [6.07, 6.45) is 7.05. The molecule has 0 saturated carbocycles. The molecule has 2 heterocycles. The zero-order valence-corrected chi connectivity index (χ0v) is 12.6. The molecule has 0 radical (unpaired) electrons. The molecule has 2 atom stereocenters. The molecule has 1 aromatic heterocycles. The highest BCUT2D eigenvalue weighted by Gasteiger charge is 2.29. The summed E-state index contributed by atoms with van der Waals surface area (Å²) < 4.78 is 30.8. The van der Waals surface area contributed by atoms with Crippen LogP contribution in [-0.2, 0) is 16.8 Å². The van der Waals surface area contributed by atoms with E-state index in [1.165, 1.54) is 4.31 Å². The quantitative estimate of drug-likeness (QED) is 0.759. The van der Waals surface area contributed by atoms with Gasteiger partial charge in [-0.1, -0.05) is 0 Å². The number of piperidine rings is 1. The van der Waals surface area contributed by atoms with Gasteiger partial charge in [0.15, 0.2) is 0 Å². The minimum absolute atomic E-state index is 0.188. The van der Waals surface area contributed by atoms with Crippen LogP contribution in [0.2, 0.25) is 0 Å². The van der Waals surface area contributed by atoms with Gasteiger partial charge in [0.1, 0.15) is 0 Å². The number of nitrogens with two attached hydrogens (primary N) is 1. The SMILES string of the molecule is CC(Cn1ccnc1)NS(=O)(=O)N1CCCC(CN)C1. The van der Waals surface area contributed by atoms with Crippen molar-refractivity contribution in [2.45, 2.75) is 32.4 Å². The Bertz CT molecular complexity index is 502. The first kappa shape index (κ1) is 15.4. The molecule has 20 heavy (non-hydrogen) atoms. The van der Waals surface area contributed by atoms with Gasteiger partial charge in [-0.3, -0.25) is 0 Å². The summed E-state index contributed by atoms with van der Waals surface area (Å²) >= 11 is 0. The molecule has 1 aliphatic rings. The molecule has 2 rings (SSSR count). The molecule has 1 saturated heterocycles. The summed E-state index contributed by atoms with van der Waals surface area (Å²) in [5.41, 5.74) is 5.65. The molecule has 8 heteroatoms. The first-order valence-corrected chi connectivity index (χ1v) is 8.38. The van der Waals surface area contributed by atoms with Gasteiger partial charge in [0.05, 0.1) is 6.33 Å². The van der Waals surface area contributed by atoms with Crippen LogP contribution >= 0.6 is 0 Å². The first-order chi connectivity index (χ1) is 9.51. The molecule has 0 bridgehead atoms.